The van der Waals surface area contributed by atoms with E-state index >= 15 is 0 Å². The molecule has 5 heterocycles. The van der Waals surface area contributed by atoms with Crippen molar-refractivity contribution in [2.24, 2.45) is 5.92 Å². The Morgan fingerprint density at radius 2 is 2.17 bits per heavy atom. The van der Waals surface area contributed by atoms with Gasteiger partial charge in [0.2, 0.25) is 0 Å². The van der Waals surface area contributed by atoms with Gasteiger partial charge in [-0.15, -0.1) is 11.3 Å². The van der Waals surface area contributed by atoms with Crippen molar-refractivity contribution in [3.63, 3.8) is 0 Å². The number of carbonyl (C=O) groups excluding carboxylic acids is 1. The third-order valence-electron chi connectivity index (χ3n) is 5.33. The van der Waals surface area contributed by atoms with E-state index in [0.717, 1.165) is 16.3 Å². The van der Waals surface area contributed by atoms with Gasteiger partial charge in [0, 0.05) is 17.5 Å². The first-order valence-corrected chi connectivity index (χ1v) is 9.21. The van der Waals surface area contributed by atoms with Crippen LogP contribution in [-0.2, 0) is 5.54 Å². The second-order valence-electron chi connectivity index (χ2n) is 6.95. The number of allylic oxidation sites excluding steroid dienone is 2. The first-order chi connectivity index (χ1) is 11.1. The number of rotatable bonds is 3. The number of nitrogens with zero attached hydrogens (tertiary/aromatic N) is 1. The highest BCUT2D eigenvalue weighted by Gasteiger charge is 2.35. The van der Waals surface area contributed by atoms with Gasteiger partial charge < -0.3 is 15.5 Å². The van der Waals surface area contributed by atoms with Gasteiger partial charge in [0.05, 0.1) is 10.4 Å². The smallest absolute Gasteiger partial charge is 0.261 e. The summed E-state index contributed by atoms with van der Waals surface area (Å²) in [6.45, 7) is 5.55. The van der Waals surface area contributed by atoms with Crippen molar-refractivity contribution in [3.05, 3.63) is 46.3 Å². The summed E-state index contributed by atoms with van der Waals surface area (Å²) in [5.74, 6) is 0.743. The van der Waals surface area contributed by atoms with Crippen LogP contribution in [0.1, 0.15) is 34.3 Å². The molecule has 1 amide bonds. The molecule has 122 valence electrons. The molecule has 3 saturated heterocycles. The molecule has 2 bridgehead atoms. The van der Waals surface area contributed by atoms with E-state index in [9.17, 15) is 4.79 Å². The molecule has 3 fully saturated rings. The average Bonchev–Trinajstić information content (AvgIpc) is 3.08. The Morgan fingerprint density at radius 1 is 1.35 bits per heavy atom. The first-order valence-electron chi connectivity index (χ1n) is 8.40. The van der Waals surface area contributed by atoms with E-state index in [2.05, 4.69) is 34.6 Å². The Balaban J connectivity index is 1.45. The van der Waals surface area contributed by atoms with Crippen LogP contribution in [0.4, 0.5) is 0 Å². The van der Waals surface area contributed by atoms with Crippen molar-refractivity contribution in [2.75, 3.05) is 19.6 Å². The van der Waals surface area contributed by atoms with E-state index in [1.807, 2.05) is 24.4 Å². The van der Waals surface area contributed by atoms with Gasteiger partial charge in [-0.3, -0.25) is 4.79 Å². The van der Waals surface area contributed by atoms with Gasteiger partial charge in [0.25, 0.3) is 5.91 Å². The van der Waals surface area contributed by atoms with Gasteiger partial charge in [-0.25, -0.2) is 0 Å². The minimum atomic E-state index is -0.215. The standard InChI is InChI=1S/C18H23N3OS/c1-18(8-2-3-9-19-18)16-5-4-15(23-16)17(22)20-14-12-21-10-6-13(14)7-11-21/h2-5,8-9,13-14,19H,6-7,10-12H2,1H3,(H,20,22)/t14-,18?/m0/s1. The number of carbonyl (C=O) groups is 1. The molecule has 0 saturated carbocycles. The molecule has 0 aromatic carbocycles. The van der Waals surface area contributed by atoms with Crippen LogP contribution in [-0.4, -0.2) is 36.5 Å². The number of fused-ring (bicyclic) bond motifs is 3. The fraction of sp³-hybridized carbons (Fsp3) is 0.500. The molecule has 1 unspecified atom stereocenters. The highest BCUT2D eigenvalue weighted by molar-refractivity contribution is 7.14. The number of amides is 1. The predicted octanol–water partition coefficient (Wildman–Crippen LogP) is 2.46. The summed E-state index contributed by atoms with van der Waals surface area (Å²) in [5, 5.41) is 6.64. The lowest BCUT2D eigenvalue weighted by molar-refractivity contribution is 0.0622. The molecule has 4 aliphatic heterocycles. The molecule has 4 nitrogen and oxygen atoms in total. The summed E-state index contributed by atoms with van der Waals surface area (Å²) in [6.07, 6.45) is 10.6. The molecule has 1 aromatic heterocycles. The summed E-state index contributed by atoms with van der Waals surface area (Å²) in [5.41, 5.74) is -0.215. The summed E-state index contributed by atoms with van der Waals surface area (Å²) in [4.78, 5) is 17.1. The Kier molecular flexibility index (Phi) is 3.77. The molecule has 1 aromatic rings. The first kappa shape index (κ1) is 15.0. The predicted molar refractivity (Wildman–Crippen MR) is 93.5 cm³/mol. The Bertz CT molecular complexity index is 657. The van der Waals surface area contributed by atoms with Gasteiger partial charge in [0.15, 0.2) is 0 Å². The fourth-order valence-corrected chi connectivity index (χ4v) is 4.83. The Morgan fingerprint density at radius 3 is 2.83 bits per heavy atom. The van der Waals surface area contributed by atoms with Gasteiger partial charge in [-0.05, 0) is 63.2 Å². The molecule has 0 radical (unpaired) electrons. The minimum Gasteiger partial charge on any atom is -0.378 e. The maximum Gasteiger partial charge on any atom is 0.261 e. The lowest BCUT2D eigenvalue weighted by Crippen LogP contribution is -2.57. The number of hydrogen-bond acceptors (Lipinski definition) is 4. The van der Waals surface area contributed by atoms with E-state index < -0.39 is 0 Å². The monoisotopic (exact) mass is 329 g/mol. The van der Waals surface area contributed by atoms with E-state index in [0.29, 0.717) is 12.0 Å². The molecular weight excluding hydrogens is 306 g/mol. The van der Waals surface area contributed by atoms with Crippen molar-refractivity contribution in [2.45, 2.75) is 31.3 Å². The molecule has 4 aliphatic rings. The zero-order valence-corrected chi connectivity index (χ0v) is 14.2. The molecule has 5 heteroatoms. The molecule has 0 aliphatic carbocycles. The van der Waals surface area contributed by atoms with Crippen LogP contribution >= 0.6 is 11.3 Å². The maximum atomic E-state index is 12.6. The zero-order valence-electron chi connectivity index (χ0n) is 13.4. The highest BCUT2D eigenvalue weighted by atomic mass is 32.1. The number of nitrogens with one attached hydrogen (secondary N) is 2. The molecule has 2 atom stereocenters. The second kappa shape index (κ2) is 5.80. The van der Waals surface area contributed by atoms with Crippen molar-refractivity contribution < 1.29 is 4.79 Å². The Hall–Kier alpha value is -1.59. The maximum absolute atomic E-state index is 12.6. The van der Waals surface area contributed by atoms with Crippen LogP contribution in [0.15, 0.2) is 36.6 Å². The van der Waals surface area contributed by atoms with E-state index in [1.54, 1.807) is 11.3 Å². The normalized spacial score (nSPS) is 35.1. The lowest BCUT2D eigenvalue weighted by Gasteiger charge is -2.44. The van der Waals surface area contributed by atoms with Gasteiger partial charge in [-0.1, -0.05) is 12.2 Å². The zero-order chi connectivity index (χ0) is 15.9. The van der Waals surface area contributed by atoms with Crippen molar-refractivity contribution >= 4 is 17.2 Å². The largest absolute Gasteiger partial charge is 0.378 e. The number of piperidine rings is 3. The highest BCUT2D eigenvalue weighted by Crippen LogP contribution is 2.32. The van der Waals surface area contributed by atoms with Crippen molar-refractivity contribution in [1.29, 1.82) is 0 Å². The van der Waals surface area contributed by atoms with Gasteiger partial charge in [0.1, 0.15) is 0 Å². The molecular formula is C18H23N3OS. The van der Waals surface area contributed by atoms with Crippen molar-refractivity contribution in [1.82, 2.24) is 15.5 Å². The average molecular weight is 329 g/mol. The van der Waals surface area contributed by atoms with Crippen molar-refractivity contribution in [3.8, 4) is 0 Å². The molecule has 5 rings (SSSR count). The van der Waals surface area contributed by atoms with E-state index in [-0.39, 0.29) is 11.4 Å². The van der Waals surface area contributed by atoms with Crippen LogP contribution in [0.5, 0.6) is 0 Å². The van der Waals surface area contributed by atoms with Crippen LogP contribution < -0.4 is 10.6 Å². The third-order valence-corrected chi connectivity index (χ3v) is 6.66. The van der Waals surface area contributed by atoms with Crippen LogP contribution in [0.2, 0.25) is 0 Å². The SMILES string of the molecule is CC1(c2ccc(C(=O)N[C@H]3CN4CCC3CC4)s2)C=CC=CN1. The number of thiophene rings is 1. The van der Waals surface area contributed by atoms with E-state index in [4.69, 9.17) is 0 Å². The summed E-state index contributed by atoms with van der Waals surface area (Å²) in [6, 6.07) is 4.34. The number of dihydropyridines is 1. The second-order valence-corrected chi connectivity index (χ2v) is 8.03. The summed E-state index contributed by atoms with van der Waals surface area (Å²) in [7, 11) is 0. The molecule has 23 heavy (non-hydrogen) atoms. The van der Waals surface area contributed by atoms with Gasteiger partial charge >= 0.3 is 0 Å². The quantitative estimate of drug-likeness (QED) is 0.895. The molecule has 2 N–H and O–H groups in total. The molecule has 0 spiro atoms. The fourth-order valence-electron chi connectivity index (χ4n) is 3.83. The van der Waals surface area contributed by atoms with Gasteiger partial charge in [-0.2, -0.15) is 0 Å². The lowest BCUT2D eigenvalue weighted by atomic mass is 9.84. The van der Waals surface area contributed by atoms with Crippen LogP contribution in [0, 0.1) is 5.92 Å². The van der Waals surface area contributed by atoms with E-state index in [1.165, 1.54) is 25.9 Å². The Labute approximate surface area is 141 Å². The summed E-state index contributed by atoms with van der Waals surface area (Å²) < 4.78 is 0. The van der Waals surface area contributed by atoms with Crippen LogP contribution in [0.25, 0.3) is 0 Å². The third kappa shape index (κ3) is 2.83. The van der Waals surface area contributed by atoms with Crippen LogP contribution in [0.3, 0.4) is 0 Å². The minimum absolute atomic E-state index is 0.0823. The number of hydrogen-bond donors (Lipinski definition) is 2. The topological polar surface area (TPSA) is 44.4 Å². The summed E-state index contributed by atoms with van der Waals surface area (Å²) >= 11 is 1.58.